The second-order valence-electron chi connectivity index (χ2n) is 4.42. The maximum Gasteiger partial charge on any atom is 0.406 e. The van der Waals surface area contributed by atoms with E-state index in [1.165, 1.54) is 0 Å². The van der Waals surface area contributed by atoms with Crippen molar-refractivity contribution in [1.82, 2.24) is 4.90 Å². The summed E-state index contributed by atoms with van der Waals surface area (Å²) in [6.07, 6.45) is -3.89. The third-order valence-corrected chi connectivity index (χ3v) is 3.74. The molecule has 0 aliphatic carbocycles. The Morgan fingerprint density at radius 3 is 2.48 bits per heavy atom. The lowest BCUT2D eigenvalue weighted by molar-refractivity contribution is -0.162. The molecular formula is C14H18F3NO2S. The zero-order valence-electron chi connectivity index (χ0n) is 11.5. The molecule has 1 rings (SSSR count). The van der Waals surface area contributed by atoms with E-state index in [-0.39, 0.29) is 13.0 Å². The van der Waals surface area contributed by atoms with E-state index >= 15 is 0 Å². The topological polar surface area (TPSA) is 40.5 Å². The molecule has 0 radical (unpaired) electrons. The fourth-order valence-electron chi connectivity index (χ4n) is 1.72. The van der Waals surface area contributed by atoms with E-state index in [4.69, 9.17) is 5.11 Å². The summed E-state index contributed by atoms with van der Waals surface area (Å²) in [4.78, 5) is 13.5. The van der Waals surface area contributed by atoms with Crippen molar-refractivity contribution in [3.8, 4) is 0 Å². The van der Waals surface area contributed by atoms with Gasteiger partial charge in [0.05, 0.1) is 6.61 Å². The number of thioether (sulfide) groups is 1. The van der Waals surface area contributed by atoms with Gasteiger partial charge in [-0.15, -0.1) is 11.8 Å². The molecule has 0 fully saturated rings. The van der Waals surface area contributed by atoms with Gasteiger partial charge >= 0.3 is 6.18 Å². The highest BCUT2D eigenvalue weighted by atomic mass is 32.2. The molecular weight excluding hydrogens is 303 g/mol. The van der Waals surface area contributed by atoms with Gasteiger partial charge in [0.25, 0.3) is 0 Å². The molecule has 0 unspecified atom stereocenters. The van der Waals surface area contributed by atoms with Crippen molar-refractivity contribution >= 4 is 17.7 Å². The van der Waals surface area contributed by atoms with Crippen molar-refractivity contribution in [3.63, 3.8) is 0 Å². The molecule has 0 atom stereocenters. The Morgan fingerprint density at radius 2 is 1.90 bits per heavy atom. The van der Waals surface area contributed by atoms with E-state index in [0.717, 1.165) is 4.90 Å². The molecule has 3 nitrogen and oxygen atoms in total. The predicted molar refractivity (Wildman–Crippen MR) is 76.1 cm³/mol. The highest BCUT2D eigenvalue weighted by Gasteiger charge is 2.32. The smallest absolute Gasteiger partial charge is 0.395 e. The van der Waals surface area contributed by atoms with Crippen molar-refractivity contribution < 1.29 is 23.1 Å². The normalized spacial score (nSPS) is 11.4. The van der Waals surface area contributed by atoms with Crippen LogP contribution in [0.2, 0.25) is 0 Å². The standard InChI is InChI=1S/C14H18F3NO2S/c15-14(16,17)11-18(8-9-19)13(20)7-4-10-21-12-5-2-1-3-6-12/h1-3,5-6,19H,4,7-11H2. The van der Waals surface area contributed by atoms with Gasteiger partial charge in [0.15, 0.2) is 0 Å². The lowest BCUT2D eigenvalue weighted by Gasteiger charge is -2.23. The van der Waals surface area contributed by atoms with Crippen LogP contribution in [0.1, 0.15) is 12.8 Å². The van der Waals surface area contributed by atoms with Crippen LogP contribution >= 0.6 is 11.8 Å². The van der Waals surface area contributed by atoms with Gasteiger partial charge in [-0.3, -0.25) is 4.79 Å². The van der Waals surface area contributed by atoms with Gasteiger partial charge in [0.1, 0.15) is 6.54 Å². The average molecular weight is 321 g/mol. The Hall–Kier alpha value is -1.21. The van der Waals surface area contributed by atoms with Gasteiger partial charge in [-0.1, -0.05) is 18.2 Å². The summed E-state index contributed by atoms with van der Waals surface area (Å²) in [5.74, 6) is 0.0874. The van der Waals surface area contributed by atoms with Crippen LogP contribution in [0.25, 0.3) is 0 Å². The third-order valence-electron chi connectivity index (χ3n) is 2.64. The number of carbonyl (C=O) groups excluding carboxylic acids is 1. The highest BCUT2D eigenvalue weighted by molar-refractivity contribution is 7.99. The summed E-state index contributed by atoms with van der Waals surface area (Å²) in [7, 11) is 0. The van der Waals surface area contributed by atoms with E-state index in [9.17, 15) is 18.0 Å². The summed E-state index contributed by atoms with van der Waals surface area (Å²) >= 11 is 1.56. The number of nitrogens with zero attached hydrogens (tertiary/aromatic N) is 1. The number of hydrogen-bond acceptors (Lipinski definition) is 3. The van der Waals surface area contributed by atoms with Crippen LogP contribution in [0.15, 0.2) is 35.2 Å². The van der Waals surface area contributed by atoms with Gasteiger partial charge in [0, 0.05) is 17.9 Å². The number of rotatable bonds is 8. The molecule has 0 aromatic heterocycles. The molecule has 0 aliphatic rings. The van der Waals surface area contributed by atoms with E-state index in [1.54, 1.807) is 11.8 Å². The summed E-state index contributed by atoms with van der Waals surface area (Å²) in [5, 5.41) is 8.74. The first-order valence-electron chi connectivity index (χ1n) is 6.55. The van der Waals surface area contributed by atoms with Gasteiger partial charge in [-0.2, -0.15) is 13.2 Å². The second kappa shape index (κ2) is 8.94. The Balaban J connectivity index is 2.33. The zero-order chi connectivity index (χ0) is 15.7. The molecule has 118 valence electrons. The minimum absolute atomic E-state index is 0.0515. The van der Waals surface area contributed by atoms with Crippen LogP contribution in [0.4, 0.5) is 13.2 Å². The lowest BCUT2D eigenvalue weighted by atomic mass is 10.3. The number of benzene rings is 1. The van der Waals surface area contributed by atoms with Gasteiger partial charge in [0.2, 0.25) is 5.91 Å². The summed E-state index contributed by atoms with van der Waals surface area (Å²) in [6.45, 7) is -2.07. The first-order chi connectivity index (χ1) is 9.92. The monoisotopic (exact) mass is 321 g/mol. The number of carbonyl (C=O) groups is 1. The van der Waals surface area contributed by atoms with Gasteiger partial charge in [-0.05, 0) is 24.3 Å². The maximum absolute atomic E-state index is 12.3. The fraction of sp³-hybridized carbons (Fsp3) is 0.500. The number of hydrogen-bond donors (Lipinski definition) is 1. The number of aliphatic hydroxyl groups is 1. The molecule has 1 aromatic rings. The minimum atomic E-state index is -4.44. The molecule has 1 amide bonds. The lowest BCUT2D eigenvalue weighted by Crippen LogP contribution is -2.40. The van der Waals surface area contributed by atoms with Crippen molar-refractivity contribution in [3.05, 3.63) is 30.3 Å². The Labute approximate surface area is 126 Å². The molecule has 7 heteroatoms. The average Bonchev–Trinajstić information content (AvgIpc) is 2.42. The van der Waals surface area contributed by atoms with Gasteiger partial charge in [-0.25, -0.2) is 0 Å². The Morgan fingerprint density at radius 1 is 1.24 bits per heavy atom. The maximum atomic E-state index is 12.3. The SMILES string of the molecule is O=C(CCCSc1ccccc1)N(CCO)CC(F)(F)F. The molecule has 0 saturated heterocycles. The van der Waals surface area contributed by atoms with E-state index in [1.807, 2.05) is 30.3 Å². The highest BCUT2D eigenvalue weighted by Crippen LogP contribution is 2.20. The van der Waals surface area contributed by atoms with Gasteiger partial charge < -0.3 is 10.0 Å². The minimum Gasteiger partial charge on any atom is -0.395 e. The van der Waals surface area contributed by atoms with Crippen molar-refractivity contribution in [2.45, 2.75) is 23.9 Å². The first kappa shape index (κ1) is 17.8. The first-order valence-corrected chi connectivity index (χ1v) is 7.54. The molecule has 1 N–H and O–H groups in total. The Kier molecular flexibility index (Phi) is 7.60. The quantitative estimate of drug-likeness (QED) is 0.591. The van der Waals surface area contributed by atoms with E-state index in [2.05, 4.69) is 0 Å². The number of alkyl halides is 3. The number of aliphatic hydroxyl groups excluding tert-OH is 1. The molecule has 21 heavy (non-hydrogen) atoms. The summed E-state index contributed by atoms with van der Waals surface area (Å²) in [6, 6.07) is 9.58. The van der Waals surface area contributed by atoms with E-state index < -0.39 is 25.2 Å². The summed E-state index contributed by atoms with van der Waals surface area (Å²) < 4.78 is 37.0. The van der Waals surface area contributed by atoms with E-state index in [0.29, 0.717) is 17.1 Å². The van der Waals surface area contributed by atoms with Crippen LogP contribution < -0.4 is 0 Å². The van der Waals surface area contributed by atoms with Crippen molar-refractivity contribution in [2.75, 3.05) is 25.4 Å². The van der Waals surface area contributed by atoms with Crippen LogP contribution in [-0.2, 0) is 4.79 Å². The second-order valence-corrected chi connectivity index (χ2v) is 5.59. The predicted octanol–water partition coefficient (Wildman–Crippen LogP) is 2.94. The molecule has 0 spiro atoms. The van der Waals surface area contributed by atoms with Crippen molar-refractivity contribution in [2.24, 2.45) is 0 Å². The molecule has 0 heterocycles. The Bertz CT molecular complexity index is 426. The molecule has 0 saturated carbocycles. The van der Waals surface area contributed by atoms with Crippen LogP contribution in [0.5, 0.6) is 0 Å². The third kappa shape index (κ3) is 7.96. The van der Waals surface area contributed by atoms with Crippen LogP contribution in [-0.4, -0.2) is 47.5 Å². The van der Waals surface area contributed by atoms with Crippen molar-refractivity contribution in [1.29, 1.82) is 0 Å². The van der Waals surface area contributed by atoms with Crippen LogP contribution in [0.3, 0.4) is 0 Å². The zero-order valence-corrected chi connectivity index (χ0v) is 12.3. The molecule has 0 aliphatic heterocycles. The van der Waals surface area contributed by atoms with Crippen LogP contribution in [0, 0.1) is 0 Å². The molecule has 0 bridgehead atoms. The summed E-state index contributed by atoms with van der Waals surface area (Å²) in [5.41, 5.74) is 0. The number of amides is 1. The fourth-order valence-corrected chi connectivity index (χ4v) is 2.59. The molecule has 1 aromatic carbocycles. The number of halogens is 3. The largest absolute Gasteiger partial charge is 0.406 e.